The summed E-state index contributed by atoms with van der Waals surface area (Å²) in [6, 6.07) is 9.66. The zero-order valence-corrected chi connectivity index (χ0v) is 10.7. The quantitative estimate of drug-likeness (QED) is 0.678. The number of rotatable bonds is 3. The molecule has 5 heteroatoms. The highest BCUT2D eigenvalue weighted by Gasteiger charge is 2.07. The van der Waals surface area contributed by atoms with Crippen LogP contribution in [0.15, 0.2) is 36.4 Å². The smallest absolute Gasteiger partial charge is 0.150 e. The molecule has 0 aliphatic rings. The molecule has 0 saturated carbocycles. The number of aldehydes is 1. The van der Waals surface area contributed by atoms with Crippen LogP contribution in [0.5, 0.6) is 11.5 Å². The molecule has 0 aliphatic heterocycles. The van der Waals surface area contributed by atoms with Crippen molar-refractivity contribution in [3.8, 4) is 11.5 Å². The first kappa shape index (κ1) is 12.7. The molecular weight excluding hydrogens is 273 g/mol. The van der Waals surface area contributed by atoms with Crippen LogP contribution in [0.2, 0.25) is 10.0 Å². The van der Waals surface area contributed by atoms with Crippen LogP contribution in [0.25, 0.3) is 0 Å². The van der Waals surface area contributed by atoms with E-state index in [1.807, 2.05) is 0 Å². The van der Waals surface area contributed by atoms with E-state index < -0.39 is 0 Å². The van der Waals surface area contributed by atoms with Gasteiger partial charge >= 0.3 is 0 Å². The molecule has 2 aromatic carbocycles. The van der Waals surface area contributed by atoms with Crippen LogP contribution in [0, 0.1) is 0 Å². The van der Waals surface area contributed by atoms with Gasteiger partial charge in [0.1, 0.15) is 17.8 Å². The molecule has 0 heterocycles. The maximum Gasteiger partial charge on any atom is 0.150 e. The van der Waals surface area contributed by atoms with Gasteiger partial charge in [0, 0.05) is 10.6 Å². The van der Waals surface area contributed by atoms with Crippen LogP contribution in [-0.2, 0) is 0 Å². The van der Waals surface area contributed by atoms with Gasteiger partial charge in [-0.1, -0.05) is 23.2 Å². The van der Waals surface area contributed by atoms with E-state index in [9.17, 15) is 4.79 Å². The van der Waals surface area contributed by atoms with Crippen LogP contribution in [0.3, 0.4) is 0 Å². The van der Waals surface area contributed by atoms with Gasteiger partial charge in [0.2, 0.25) is 0 Å². The SMILES string of the molecule is Nc1cc(C=O)ccc1Oc1ccc(Cl)cc1Cl. The summed E-state index contributed by atoms with van der Waals surface area (Å²) < 4.78 is 5.56. The fraction of sp³-hybridized carbons (Fsp3) is 0. The van der Waals surface area contributed by atoms with Gasteiger partial charge in [-0.2, -0.15) is 0 Å². The van der Waals surface area contributed by atoms with Crippen molar-refractivity contribution >= 4 is 35.2 Å². The molecule has 0 spiro atoms. The summed E-state index contributed by atoms with van der Waals surface area (Å²) in [5.74, 6) is 0.886. The largest absolute Gasteiger partial charge is 0.454 e. The Morgan fingerprint density at radius 2 is 1.78 bits per heavy atom. The highest BCUT2D eigenvalue weighted by Crippen LogP contribution is 2.34. The molecule has 0 aromatic heterocycles. The minimum atomic E-state index is 0.366. The number of anilines is 1. The maximum atomic E-state index is 10.6. The fourth-order valence-electron chi connectivity index (χ4n) is 1.41. The Bertz CT molecular complexity index is 600. The third-order valence-electron chi connectivity index (χ3n) is 2.28. The summed E-state index contributed by atoms with van der Waals surface area (Å²) in [6.07, 6.45) is 0.718. The van der Waals surface area contributed by atoms with Gasteiger partial charge in [0.15, 0.2) is 0 Å². The molecule has 2 N–H and O–H groups in total. The second-order valence-corrected chi connectivity index (χ2v) is 4.44. The standard InChI is InChI=1S/C13H9Cl2NO2/c14-9-2-4-12(10(15)6-9)18-13-3-1-8(7-17)5-11(13)16/h1-7H,16H2. The van der Waals surface area contributed by atoms with Crippen molar-refractivity contribution in [1.82, 2.24) is 0 Å². The normalized spacial score (nSPS) is 10.1. The molecule has 0 saturated heterocycles. The molecule has 0 radical (unpaired) electrons. The maximum absolute atomic E-state index is 10.6. The van der Waals surface area contributed by atoms with Gasteiger partial charge in [0.05, 0.1) is 10.7 Å². The molecule has 2 rings (SSSR count). The number of nitrogens with two attached hydrogens (primary N) is 1. The zero-order chi connectivity index (χ0) is 13.1. The summed E-state index contributed by atoms with van der Waals surface area (Å²) in [4.78, 5) is 10.6. The van der Waals surface area contributed by atoms with E-state index in [2.05, 4.69) is 0 Å². The Labute approximate surface area is 114 Å². The van der Waals surface area contributed by atoms with Crippen molar-refractivity contribution in [1.29, 1.82) is 0 Å². The Balaban J connectivity index is 2.31. The van der Waals surface area contributed by atoms with Crippen LogP contribution in [-0.4, -0.2) is 6.29 Å². The van der Waals surface area contributed by atoms with Crippen molar-refractivity contribution in [3.63, 3.8) is 0 Å². The van der Waals surface area contributed by atoms with Crippen molar-refractivity contribution < 1.29 is 9.53 Å². The predicted molar refractivity (Wildman–Crippen MR) is 72.8 cm³/mol. The van der Waals surface area contributed by atoms with Gasteiger partial charge in [-0.25, -0.2) is 0 Å². The first-order valence-corrected chi connectivity index (χ1v) is 5.83. The number of hydrogen-bond acceptors (Lipinski definition) is 3. The van der Waals surface area contributed by atoms with E-state index in [1.54, 1.807) is 30.3 Å². The fourth-order valence-corrected chi connectivity index (χ4v) is 1.86. The van der Waals surface area contributed by atoms with Gasteiger partial charge in [-0.05, 0) is 36.4 Å². The first-order chi connectivity index (χ1) is 8.60. The number of benzene rings is 2. The van der Waals surface area contributed by atoms with Crippen molar-refractivity contribution in [2.75, 3.05) is 5.73 Å². The lowest BCUT2D eigenvalue weighted by atomic mass is 10.2. The second-order valence-electron chi connectivity index (χ2n) is 3.59. The van der Waals surface area contributed by atoms with E-state index in [1.165, 1.54) is 6.07 Å². The van der Waals surface area contributed by atoms with Crippen molar-refractivity contribution in [2.45, 2.75) is 0 Å². The summed E-state index contributed by atoms with van der Waals surface area (Å²) in [5.41, 5.74) is 6.63. The third kappa shape index (κ3) is 2.75. The van der Waals surface area contributed by atoms with E-state index in [-0.39, 0.29) is 0 Å². The van der Waals surface area contributed by atoms with Crippen LogP contribution >= 0.6 is 23.2 Å². The Morgan fingerprint density at radius 1 is 1.06 bits per heavy atom. The molecule has 0 amide bonds. The van der Waals surface area contributed by atoms with Gasteiger partial charge in [0.25, 0.3) is 0 Å². The lowest BCUT2D eigenvalue weighted by Crippen LogP contribution is -1.94. The number of hydrogen-bond donors (Lipinski definition) is 1. The molecule has 0 fully saturated rings. The van der Waals surface area contributed by atoms with Crippen LogP contribution in [0.4, 0.5) is 5.69 Å². The first-order valence-electron chi connectivity index (χ1n) is 5.08. The van der Waals surface area contributed by atoms with Crippen LogP contribution in [0.1, 0.15) is 10.4 Å². The Morgan fingerprint density at radius 3 is 2.39 bits per heavy atom. The summed E-state index contributed by atoms with van der Waals surface area (Å²) in [5, 5.41) is 0.915. The van der Waals surface area contributed by atoms with Gasteiger partial charge in [-0.15, -0.1) is 0 Å². The number of carbonyl (C=O) groups is 1. The van der Waals surface area contributed by atoms with Crippen LogP contribution < -0.4 is 10.5 Å². The zero-order valence-electron chi connectivity index (χ0n) is 9.19. The Kier molecular flexibility index (Phi) is 3.75. The average molecular weight is 282 g/mol. The van der Waals surface area contributed by atoms with E-state index >= 15 is 0 Å². The van der Waals surface area contributed by atoms with E-state index in [0.29, 0.717) is 32.8 Å². The third-order valence-corrected chi connectivity index (χ3v) is 2.81. The summed E-state index contributed by atoms with van der Waals surface area (Å²) >= 11 is 11.8. The molecule has 92 valence electrons. The van der Waals surface area contributed by atoms with Gasteiger partial charge in [-0.3, -0.25) is 4.79 Å². The number of nitrogen functional groups attached to an aromatic ring is 1. The second kappa shape index (κ2) is 5.29. The summed E-state index contributed by atoms with van der Waals surface area (Å²) in [6.45, 7) is 0. The molecule has 3 nitrogen and oxygen atoms in total. The lowest BCUT2D eigenvalue weighted by Gasteiger charge is -2.10. The van der Waals surface area contributed by atoms with E-state index in [0.717, 1.165) is 6.29 Å². The molecule has 0 atom stereocenters. The monoisotopic (exact) mass is 281 g/mol. The molecule has 0 bridgehead atoms. The predicted octanol–water partition coefficient (Wildman–Crippen LogP) is 4.18. The van der Waals surface area contributed by atoms with E-state index in [4.69, 9.17) is 33.7 Å². The molecule has 18 heavy (non-hydrogen) atoms. The topological polar surface area (TPSA) is 52.3 Å². The number of ether oxygens (including phenoxy) is 1. The minimum Gasteiger partial charge on any atom is -0.454 e. The molecular formula is C13H9Cl2NO2. The summed E-state index contributed by atoms with van der Waals surface area (Å²) in [7, 11) is 0. The number of carbonyl (C=O) groups excluding carboxylic acids is 1. The Hall–Kier alpha value is -1.71. The molecule has 0 unspecified atom stereocenters. The van der Waals surface area contributed by atoms with Crippen molar-refractivity contribution in [3.05, 3.63) is 52.0 Å². The van der Waals surface area contributed by atoms with Gasteiger partial charge < -0.3 is 10.5 Å². The molecule has 2 aromatic rings. The number of halogens is 2. The average Bonchev–Trinajstić information content (AvgIpc) is 2.34. The van der Waals surface area contributed by atoms with Crippen molar-refractivity contribution in [2.24, 2.45) is 0 Å². The molecule has 0 aliphatic carbocycles. The highest BCUT2D eigenvalue weighted by molar-refractivity contribution is 6.35. The lowest BCUT2D eigenvalue weighted by molar-refractivity contribution is 0.112. The highest BCUT2D eigenvalue weighted by atomic mass is 35.5. The minimum absolute atomic E-state index is 0.366.